The lowest BCUT2D eigenvalue weighted by Crippen LogP contribution is -2.47. The molecule has 0 aromatic heterocycles. The van der Waals surface area contributed by atoms with Crippen molar-refractivity contribution >= 4 is 23.4 Å². The maximum absolute atomic E-state index is 12.6. The van der Waals surface area contributed by atoms with Crippen molar-refractivity contribution in [1.82, 2.24) is 10.2 Å². The van der Waals surface area contributed by atoms with E-state index in [1.165, 1.54) is 0 Å². The molecule has 2 amide bonds. The van der Waals surface area contributed by atoms with Crippen LogP contribution in [0, 0.1) is 0 Å². The average Bonchev–Trinajstić information content (AvgIpc) is 2.70. The molecule has 1 heterocycles. The number of amides is 2. The lowest BCUT2D eigenvalue weighted by molar-refractivity contribution is -0.131. The van der Waals surface area contributed by atoms with E-state index in [1.54, 1.807) is 24.3 Å². The summed E-state index contributed by atoms with van der Waals surface area (Å²) in [6.07, 6.45) is 1.86. The molecule has 0 aliphatic carbocycles. The quantitative estimate of drug-likeness (QED) is 0.804. The van der Waals surface area contributed by atoms with Crippen LogP contribution in [0.15, 0.2) is 48.5 Å². The van der Waals surface area contributed by atoms with E-state index in [2.05, 4.69) is 5.32 Å². The van der Waals surface area contributed by atoms with Crippen LogP contribution in [0.4, 0.5) is 0 Å². The number of piperidine rings is 1. The third-order valence-corrected chi connectivity index (χ3v) is 5.22. The zero-order valence-corrected chi connectivity index (χ0v) is 16.7. The molecule has 1 fully saturated rings. The number of ether oxygens (including phenoxy) is 1. The van der Waals surface area contributed by atoms with Crippen molar-refractivity contribution in [2.24, 2.45) is 0 Å². The number of hydrogen-bond donors (Lipinski definition) is 1. The van der Waals surface area contributed by atoms with E-state index in [0.717, 1.165) is 24.2 Å². The number of nitrogens with zero attached hydrogens (tertiary/aromatic N) is 1. The SMILES string of the molecule is CCOc1ccc(CC(=O)N2CCC(NC(=O)c3ccccc3Cl)CC2)cc1. The van der Waals surface area contributed by atoms with Crippen LogP contribution in [0.3, 0.4) is 0 Å². The number of likely N-dealkylation sites (tertiary alicyclic amines) is 1. The van der Waals surface area contributed by atoms with Gasteiger partial charge in [-0.3, -0.25) is 9.59 Å². The van der Waals surface area contributed by atoms with Gasteiger partial charge >= 0.3 is 0 Å². The van der Waals surface area contributed by atoms with Gasteiger partial charge in [0.25, 0.3) is 5.91 Å². The van der Waals surface area contributed by atoms with Gasteiger partial charge in [0.05, 0.1) is 23.6 Å². The molecule has 148 valence electrons. The van der Waals surface area contributed by atoms with Gasteiger partial charge in [-0.1, -0.05) is 35.9 Å². The first-order valence-corrected chi connectivity index (χ1v) is 9.99. The first-order valence-electron chi connectivity index (χ1n) is 9.61. The molecule has 5 nitrogen and oxygen atoms in total. The van der Waals surface area contributed by atoms with E-state index in [-0.39, 0.29) is 17.9 Å². The Balaban J connectivity index is 1.47. The molecule has 0 radical (unpaired) electrons. The fourth-order valence-electron chi connectivity index (χ4n) is 3.34. The largest absolute Gasteiger partial charge is 0.494 e. The molecule has 0 spiro atoms. The Morgan fingerprint density at radius 1 is 1.11 bits per heavy atom. The molecular weight excluding hydrogens is 376 g/mol. The summed E-state index contributed by atoms with van der Waals surface area (Å²) in [6.45, 7) is 3.85. The first-order chi connectivity index (χ1) is 13.6. The van der Waals surface area contributed by atoms with Crippen molar-refractivity contribution in [1.29, 1.82) is 0 Å². The lowest BCUT2D eigenvalue weighted by Gasteiger charge is -2.32. The topological polar surface area (TPSA) is 58.6 Å². The molecule has 1 saturated heterocycles. The van der Waals surface area contributed by atoms with Gasteiger partial charge in [-0.2, -0.15) is 0 Å². The van der Waals surface area contributed by atoms with Gasteiger partial charge in [-0.05, 0) is 49.6 Å². The Kier molecular flexibility index (Phi) is 6.93. The summed E-state index contributed by atoms with van der Waals surface area (Å²) in [7, 11) is 0. The maximum Gasteiger partial charge on any atom is 0.253 e. The summed E-state index contributed by atoms with van der Waals surface area (Å²) in [6, 6.07) is 14.7. The fourth-order valence-corrected chi connectivity index (χ4v) is 3.56. The van der Waals surface area contributed by atoms with Crippen LogP contribution in [-0.4, -0.2) is 42.5 Å². The molecule has 2 aromatic carbocycles. The molecule has 3 rings (SSSR count). The standard InChI is InChI=1S/C22H25ClN2O3/c1-2-28-18-9-7-16(8-10-18)15-21(26)25-13-11-17(12-14-25)24-22(27)19-5-3-4-6-20(19)23/h3-10,17H,2,11-15H2,1H3,(H,24,27). The zero-order valence-electron chi connectivity index (χ0n) is 16.0. The van der Waals surface area contributed by atoms with Crippen LogP contribution in [0.2, 0.25) is 5.02 Å². The minimum atomic E-state index is -0.162. The molecule has 28 heavy (non-hydrogen) atoms. The Labute approximate surface area is 170 Å². The normalized spacial score (nSPS) is 14.6. The summed E-state index contributed by atoms with van der Waals surface area (Å²) in [5, 5.41) is 3.48. The number of carbonyl (C=O) groups is 2. The average molecular weight is 401 g/mol. The highest BCUT2D eigenvalue weighted by Gasteiger charge is 2.24. The number of benzene rings is 2. The van der Waals surface area contributed by atoms with Crippen molar-refractivity contribution in [2.45, 2.75) is 32.2 Å². The Morgan fingerprint density at radius 3 is 2.43 bits per heavy atom. The first kappa shape index (κ1) is 20.2. The van der Waals surface area contributed by atoms with Gasteiger partial charge in [-0.15, -0.1) is 0 Å². The van der Waals surface area contributed by atoms with Gasteiger partial charge in [-0.25, -0.2) is 0 Å². The number of carbonyl (C=O) groups excluding carboxylic acids is 2. The van der Waals surface area contributed by atoms with Crippen molar-refractivity contribution in [3.05, 3.63) is 64.7 Å². The molecular formula is C22H25ClN2O3. The van der Waals surface area contributed by atoms with Crippen LogP contribution < -0.4 is 10.1 Å². The third kappa shape index (κ3) is 5.26. The highest BCUT2D eigenvalue weighted by molar-refractivity contribution is 6.33. The minimum absolute atomic E-state index is 0.0540. The van der Waals surface area contributed by atoms with Crippen LogP contribution in [0.25, 0.3) is 0 Å². The second-order valence-electron chi connectivity index (χ2n) is 6.86. The smallest absolute Gasteiger partial charge is 0.253 e. The van der Waals surface area contributed by atoms with E-state index in [1.807, 2.05) is 36.1 Å². The van der Waals surface area contributed by atoms with E-state index in [0.29, 0.717) is 36.7 Å². The highest BCUT2D eigenvalue weighted by Crippen LogP contribution is 2.18. The maximum atomic E-state index is 12.6. The van der Waals surface area contributed by atoms with Gasteiger partial charge in [0.15, 0.2) is 0 Å². The van der Waals surface area contributed by atoms with Crippen LogP contribution in [0.5, 0.6) is 5.75 Å². The summed E-state index contributed by atoms with van der Waals surface area (Å²) in [5.41, 5.74) is 1.46. The molecule has 0 bridgehead atoms. The molecule has 1 N–H and O–H groups in total. The molecule has 0 unspecified atom stereocenters. The van der Waals surface area contributed by atoms with Crippen molar-refractivity contribution in [3.8, 4) is 5.75 Å². The monoisotopic (exact) mass is 400 g/mol. The van der Waals surface area contributed by atoms with Gasteiger partial charge < -0.3 is 15.0 Å². The molecule has 2 aromatic rings. The van der Waals surface area contributed by atoms with Gasteiger partial charge in [0.1, 0.15) is 5.75 Å². The van der Waals surface area contributed by atoms with E-state index in [9.17, 15) is 9.59 Å². The van der Waals surface area contributed by atoms with Crippen LogP contribution in [0.1, 0.15) is 35.7 Å². The van der Waals surface area contributed by atoms with Crippen molar-refractivity contribution < 1.29 is 14.3 Å². The molecule has 1 aliphatic rings. The Morgan fingerprint density at radius 2 is 1.79 bits per heavy atom. The fraction of sp³-hybridized carbons (Fsp3) is 0.364. The number of rotatable bonds is 6. The number of halogens is 1. The van der Waals surface area contributed by atoms with Gasteiger partial charge in [0, 0.05) is 19.1 Å². The number of hydrogen-bond acceptors (Lipinski definition) is 3. The molecule has 0 atom stereocenters. The van der Waals surface area contributed by atoms with Gasteiger partial charge in [0.2, 0.25) is 5.91 Å². The lowest BCUT2D eigenvalue weighted by atomic mass is 10.0. The van der Waals surface area contributed by atoms with E-state index >= 15 is 0 Å². The minimum Gasteiger partial charge on any atom is -0.494 e. The van der Waals surface area contributed by atoms with Crippen molar-refractivity contribution in [3.63, 3.8) is 0 Å². The summed E-state index contributed by atoms with van der Waals surface area (Å²) < 4.78 is 5.43. The summed E-state index contributed by atoms with van der Waals surface area (Å²) >= 11 is 6.08. The van der Waals surface area contributed by atoms with Crippen molar-refractivity contribution in [2.75, 3.05) is 19.7 Å². The van der Waals surface area contributed by atoms with E-state index < -0.39 is 0 Å². The van der Waals surface area contributed by atoms with Crippen LogP contribution in [-0.2, 0) is 11.2 Å². The number of nitrogens with one attached hydrogen (secondary N) is 1. The zero-order chi connectivity index (χ0) is 19.9. The predicted octanol–water partition coefficient (Wildman–Crippen LogP) is 3.70. The van der Waals surface area contributed by atoms with E-state index in [4.69, 9.17) is 16.3 Å². The Hall–Kier alpha value is -2.53. The predicted molar refractivity (Wildman–Crippen MR) is 110 cm³/mol. The second kappa shape index (κ2) is 9.60. The van der Waals surface area contributed by atoms with Crippen LogP contribution >= 0.6 is 11.6 Å². The second-order valence-corrected chi connectivity index (χ2v) is 7.27. The molecule has 1 aliphatic heterocycles. The third-order valence-electron chi connectivity index (χ3n) is 4.89. The Bertz CT molecular complexity index is 815. The summed E-state index contributed by atoms with van der Waals surface area (Å²) in [4.78, 5) is 26.8. The molecule has 0 saturated carbocycles. The highest BCUT2D eigenvalue weighted by atomic mass is 35.5. The summed E-state index contributed by atoms with van der Waals surface area (Å²) in [5.74, 6) is 0.763. The molecule has 6 heteroatoms.